The molecule has 10 aromatic rings. The molecule has 0 spiro atoms. The Balaban J connectivity index is 1.34. The van der Waals surface area contributed by atoms with Gasteiger partial charge >= 0.3 is 0 Å². The summed E-state index contributed by atoms with van der Waals surface area (Å²) in [4.78, 5) is 0. The molecule has 0 amide bonds. The molecule has 0 unspecified atom stereocenters. The van der Waals surface area contributed by atoms with E-state index in [1.165, 1.54) is 98.7 Å². The summed E-state index contributed by atoms with van der Waals surface area (Å²) in [5.74, 6) is 0. The fraction of sp³-hybridized carbons (Fsp3) is 0. The van der Waals surface area contributed by atoms with Crippen LogP contribution in [-0.4, -0.2) is 0 Å². The van der Waals surface area contributed by atoms with Crippen molar-refractivity contribution < 1.29 is 0 Å². The highest BCUT2D eigenvalue weighted by Gasteiger charge is 2.21. The number of hydrogen-bond donors (Lipinski definition) is 0. The molecule has 0 aliphatic heterocycles. The van der Waals surface area contributed by atoms with E-state index in [9.17, 15) is 0 Å². The molecule has 10 rings (SSSR count). The van der Waals surface area contributed by atoms with Crippen LogP contribution in [0.15, 0.2) is 194 Å². The Bertz CT molecular complexity index is 2840. The van der Waals surface area contributed by atoms with Crippen molar-refractivity contribution in [3.05, 3.63) is 194 Å². The number of fused-ring (bicyclic) bond motifs is 1. The summed E-state index contributed by atoms with van der Waals surface area (Å²) in [5.41, 5.74) is 12.5. The molecule has 10 aromatic carbocycles. The predicted octanol–water partition coefficient (Wildman–Crippen LogP) is 14.1. The first-order valence-corrected chi connectivity index (χ1v) is 17.4. The molecule has 232 valence electrons. The topological polar surface area (TPSA) is 0 Å². The molecule has 0 atom stereocenters. The zero-order valence-electron chi connectivity index (χ0n) is 27.5. The lowest BCUT2D eigenvalue weighted by atomic mass is 9.82. The predicted molar refractivity (Wildman–Crippen MR) is 215 cm³/mol. The second-order valence-electron chi connectivity index (χ2n) is 13.2. The summed E-state index contributed by atoms with van der Waals surface area (Å²) >= 11 is 0. The van der Waals surface area contributed by atoms with Crippen molar-refractivity contribution in [2.24, 2.45) is 0 Å². The minimum atomic E-state index is 1.22. The van der Waals surface area contributed by atoms with Gasteiger partial charge in [0.1, 0.15) is 0 Å². The Kier molecular flexibility index (Phi) is 6.60. The van der Waals surface area contributed by atoms with Crippen molar-refractivity contribution in [2.75, 3.05) is 0 Å². The van der Waals surface area contributed by atoms with Crippen LogP contribution in [0.4, 0.5) is 0 Å². The second kappa shape index (κ2) is 11.6. The molecular formula is C50H32. The van der Waals surface area contributed by atoms with E-state index in [1.807, 2.05) is 0 Å². The van der Waals surface area contributed by atoms with Crippen molar-refractivity contribution in [3.63, 3.8) is 0 Å². The van der Waals surface area contributed by atoms with Crippen LogP contribution in [0, 0.1) is 0 Å². The molecule has 0 N–H and O–H groups in total. The smallest absolute Gasteiger partial charge is 0.00141 e. The van der Waals surface area contributed by atoms with Crippen LogP contribution in [0.1, 0.15) is 0 Å². The molecule has 0 saturated carbocycles. The first-order chi connectivity index (χ1) is 24.8. The van der Waals surface area contributed by atoms with Gasteiger partial charge in [0.25, 0.3) is 0 Å². The zero-order valence-corrected chi connectivity index (χ0v) is 27.5. The van der Waals surface area contributed by atoms with Crippen molar-refractivity contribution >= 4 is 43.1 Å². The third kappa shape index (κ3) is 4.46. The van der Waals surface area contributed by atoms with Gasteiger partial charge in [0.2, 0.25) is 0 Å². The van der Waals surface area contributed by atoms with Crippen molar-refractivity contribution in [1.29, 1.82) is 0 Å². The minimum absolute atomic E-state index is 1.22. The molecule has 0 nitrogen and oxygen atoms in total. The van der Waals surface area contributed by atoms with Gasteiger partial charge in [-0.2, -0.15) is 0 Å². The van der Waals surface area contributed by atoms with Gasteiger partial charge in [0.05, 0.1) is 0 Å². The molecule has 0 fully saturated rings. The maximum Gasteiger partial charge on any atom is -0.00141 e. The van der Waals surface area contributed by atoms with Crippen LogP contribution in [0.2, 0.25) is 0 Å². The third-order valence-corrected chi connectivity index (χ3v) is 10.5. The highest BCUT2D eigenvalue weighted by atomic mass is 14.2. The summed E-state index contributed by atoms with van der Waals surface area (Å²) in [6.45, 7) is 0. The fourth-order valence-corrected chi connectivity index (χ4v) is 8.21. The lowest BCUT2D eigenvalue weighted by molar-refractivity contribution is 1.60. The van der Waals surface area contributed by atoms with E-state index >= 15 is 0 Å². The highest BCUT2D eigenvalue weighted by Crippen LogP contribution is 2.48. The van der Waals surface area contributed by atoms with Gasteiger partial charge in [0, 0.05) is 0 Å². The second-order valence-corrected chi connectivity index (χ2v) is 13.2. The minimum Gasteiger partial charge on any atom is -0.0622 e. The summed E-state index contributed by atoms with van der Waals surface area (Å²) < 4.78 is 0. The molecule has 0 bridgehead atoms. The summed E-state index contributed by atoms with van der Waals surface area (Å²) in [7, 11) is 0. The van der Waals surface area contributed by atoms with E-state index in [1.54, 1.807) is 0 Å². The lowest BCUT2D eigenvalue weighted by Gasteiger charge is -2.21. The van der Waals surface area contributed by atoms with Crippen molar-refractivity contribution in [2.45, 2.75) is 0 Å². The average Bonchev–Trinajstić information content (AvgIpc) is 3.20. The van der Waals surface area contributed by atoms with Crippen molar-refractivity contribution in [1.82, 2.24) is 0 Å². The van der Waals surface area contributed by atoms with Gasteiger partial charge < -0.3 is 0 Å². The van der Waals surface area contributed by atoms with Crippen LogP contribution in [0.25, 0.3) is 98.7 Å². The molecule has 0 aromatic heterocycles. The van der Waals surface area contributed by atoms with Crippen LogP contribution in [-0.2, 0) is 0 Å². The van der Waals surface area contributed by atoms with Crippen LogP contribution in [0.3, 0.4) is 0 Å². The van der Waals surface area contributed by atoms with Gasteiger partial charge in [-0.25, -0.2) is 0 Å². The molecule has 0 aliphatic carbocycles. The first kappa shape index (κ1) is 28.5. The standard InChI is InChI=1S/C50H32/c1-3-14-33(15-4-1)37-21-9-11-23-40(37)43-28-26-36-27-29-45-47(41-24-12-10-22-38(41)34-16-5-2-6-17-34)32-48(46-31-30-44(43)49(36)50(45)46)42-25-13-19-35-18-7-8-20-39(35)42/h1-32H. The number of rotatable bonds is 5. The molecule has 0 radical (unpaired) electrons. The maximum absolute atomic E-state index is 2.46. The normalized spacial score (nSPS) is 11.6. The van der Waals surface area contributed by atoms with E-state index in [0.29, 0.717) is 0 Å². The Morgan fingerprint density at radius 3 is 1.32 bits per heavy atom. The van der Waals surface area contributed by atoms with E-state index in [2.05, 4.69) is 194 Å². The number of benzene rings is 10. The van der Waals surface area contributed by atoms with E-state index in [4.69, 9.17) is 0 Å². The Morgan fingerprint density at radius 1 is 0.200 bits per heavy atom. The van der Waals surface area contributed by atoms with E-state index in [-0.39, 0.29) is 0 Å². The maximum atomic E-state index is 2.46. The average molecular weight is 633 g/mol. The third-order valence-electron chi connectivity index (χ3n) is 10.5. The lowest BCUT2D eigenvalue weighted by Crippen LogP contribution is -1.94. The summed E-state index contributed by atoms with van der Waals surface area (Å²) in [6, 6.07) is 71.3. The largest absolute Gasteiger partial charge is 0.0622 e. The summed E-state index contributed by atoms with van der Waals surface area (Å²) in [5, 5.41) is 10.3. The Labute approximate surface area is 291 Å². The SMILES string of the molecule is c1ccc(-c2ccccc2-c2ccc3ccc4c(-c5ccccc5-c5ccccc5)cc(-c5cccc6ccccc56)c5ccc2c3c45)cc1. The van der Waals surface area contributed by atoms with Gasteiger partial charge in [-0.05, 0) is 105 Å². The molecule has 0 aliphatic rings. The summed E-state index contributed by atoms with van der Waals surface area (Å²) in [6.07, 6.45) is 0. The molecule has 0 heteroatoms. The molecule has 0 saturated heterocycles. The quantitative estimate of drug-likeness (QED) is 0.166. The highest BCUT2D eigenvalue weighted by molar-refractivity contribution is 6.31. The first-order valence-electron chi connectivity index (χ1n) is 17.4. The van der Waals surface area contributed by atoms with E-state index in [0.717, 1.165) is 0 Å². The number of hydrogen-bond acceptors (Lipinski definition) is 0. The van der Waals surface area contributed by atoms with Gasteiger partial charge in [0.15, 0.2) is 0 Å². The van der Waals surface area contributed by atoms with Gasteiger partial charge in [-0.1, -0.05) is 188 Å². The van der Waals surface area contributed by atoms with Crippen LogP contribution in [0.5, 0.6) is 0 Å². The zero-order chi connectivity index (χ0) is 33.0. The molecule has 50 heavy (non-hydrogen) atoms. The van der Waals surface area contributed by atoms with E-state index < -0.39 is 0 Å². The Hall–Kier alpha value is -6.50. The van der Waals surface area contributed by atoms with Gasteiger partial charge in [-0.3, -0.25) is 0 Å². The van der Waals surface area contributed by atoms with Crippen LogP contribution < -0.4 is 0 Å². The van der Waals surface area contributed by atoms with Crippen LogP contribution >= 0.6 is 0 Å². The molecule has 0 heterocycles. The Morgan fingerprint density at radius 2 is 0.640 bits per heavy atom. The van der Waals surface area contributed by atoms with Gasteiger partial charge in [-0.15, -0.1) is 0 Å². The monoisotopic (exact) mass is 632 g/mol. The fourth-order valence-electron chi connectivity index (χ4n) is 8.21. The molecular weight excluding hydrogens is 601 g/mol. The van der Waals surface area contributed by atoms with Crippen molar-refractivity contribution in [3.8, 4) is 55.6 Å².